The molecule has 2 aromatic carbocycles. The Labute approximate surface area is 122 Å². The van der Waals surface area contributed by atoms with Gasteiger partial charge in [-0.05, 0) is 34.1 Å². The number of hydrogen-bond donors (Lipinski definition) is 1. The first-order chi connectivity index (χ1) is 9.63. The average Bonchev–Trinajstić information content (AvgIpc) is 2.84. The van der Waals surface area contributed by atoms with Crippen LogP contribution in [0.5, 0.6) is 0 Å². The lowest BCUT2D eigenvalue weighted by atomic mass is 10.2. The Morgan fingerprint density at radius 3 is 2.65 bits per heavy atom. The number of para-hydroxylation sites is 1. The molecule has 0 amide bonds. The molecule has 0 aliphatic heterocycles. The molecule has 0 radical (unpaired) electrons. The van der Waals surface area contributed by atoms with Crippen LogP contribution in [0.1, 0.15) is 5.76 Å². The highest BCUT2D eigenvalue weighted by atomic mass is 79.9. The quantitative estimate of drug-likeness (QED) is 0.673. The molecule has 0 spiro atoms. The molecule has 0 saturated heterocycles. The minimum absolute atomic E-state index is 0.101. The summed E-state index contributed by atoms with van der Waals surface area (Å²) in [6.45, 7) is 0.284. The predicted octanol–water partition coefficient (Wildman–Crippen LogP) is 5.09. The maximum absolute atomic E-state index is 13.6. The number of rotatable bonds is 3. The van der Waals surface area contributed by atoms with Gasteiger partial charge in [-0.1, -0.05) is 18.2 Å². The molecule has 0 bridgehead atoms. The number of furan rings is 1. The van der Waals surface area contributed by atoms with E-state index < -0.39 is 11.6 Å². The molecule has 1 aromatic heterocycles. The van der Waals surface area contributed by atoms with Gasteiger partial charge in [0.25, 0.3) is 0 Å². The highest BCUT2D eigenvalue weighted by Crippen LogP contribution is 2.25. The van der Waals surface area contributed by atoms with Crippen LogP contribution in [-0.4, -0.2) is 0 Å². The number of nitrogens with one attached hydrogen (secondary N) is 1. The molecule has 5 heteroatoms. The molecule has 0 saturated carbocycles. The van der Waals surface area contributed by atoms with Gasteiger partial charge >= 0.3 is 0 Å². The van der Waals surface area contributed by atoms with Crippen LogP contribution in [0.2, 0.25) is 0 Å². The number of hydrogen-bond acceptors (Lipinski definition) is 2. The molecule has 0 fully saturated rings. The van der Waals surface area contributed by atoms with Crippen molar-refractivity contribution in [3.8, 4) is 0 Å². The molecule has 0 aliphatic carbocycles. The van der Waals surface area contributed by atoms with Crippen LogP contribution in [0.15, 0.2) is 51.4 Å². The second-order valence-corrected chi connectivity index (χ2v) is 5.20. The van der Waals surface area contributed by atoms with Crippen molar-refractivity contribution >= 4 is 32.6 Å². The Kier molecular flexibility index (Phi) is 3.44. The first-order valence-corrected chi connectivity index (χ1v) is 6.78. The standard InChI is InChI=1S/C15H10BrF2NO/c16-11-6-13(18)14(7-12(11)17)19-8-10-5-9-3-1-2-4-15(9)20-10/h1-7,19H,8H2. The molecule has 1 N–H and O–H groups in total. The van der Waals surface area contributed by atoms with Crippen molar-refractivity contribution in [2.75, 3.05) is 5.32 Å². The van der Waals surface area contributed by atoms with Crippen LogP contribution in [0.3, 0.4) is 0 Å². The summed E-state index contributed by atoms with van der Waals surface area (Å²) in [7, 11) is 0. The SMILES string of the molecule is Fc1cc(NCc2cc3ccccc3o2)c(F)cc1Br. The van der Waals surface area contributed by atoms with Crippen LogP contribution in [-0.2, 0) is 6.54 Å². The highest BCUT2D eigenvalue weighted by molar-refractivity contribution is 9.10. The van der Waals surface area contributed by atoms with Crippen LogP contribution in [0.25, 0.3) is 11.0 Å². The first kappa shape index (κ1) is 13.1. The van der Waals surface area contributed by atoms with E-state index in [0.717, 1.165) is 23.1 Å². The maximum Gasteiger partial charge on any atom is 0.147 e. The van der Waals surface area contributed by atoms with Crippen molar-refractivity contribution in [1.82, 2.24) is 0 Å². The zero-order valence-corrected chi connectivity index (χ0v) is 11.9. The fourth-order valence-electron chi connectivity index (χ4n) is 1.96. The Morgan fingerprint density at radius 2 is 1.85 bits per heavy atom. The lowest BCUT2D eigenvalue weighted by Crippen LogP contribution is -2.01. The summed E-state index contributed by atoms with van der Waals surface area (Å²) in [6, 6.07) is 11.7. The Bertz CT molecular complexity index is 737. The molecular weight excluding hydrogens is 328 g/mol. The number of halogens is 3. The molecule has 2 nitrogen and oxygen atoms in total. The average molecular weight is 338 g/mol. The lowest BCUT2D eigenvalue weighted by Gasteiger charge is -2.06. The van der Waals surface area contributed by atoms with Gasteiger partial charge in [0.1, 0.15) is 23.0 Å². The minimum atomic E-state index is -0.519. The van der Waals surface area contributed by atoms with Crippen LogP contribution < -0.4 is 5.32 Å². The zero-order chi connectivity index (χ0) is 14.1. The molecule has 0 unspecified atom stereocenters. The molecular formula is C15H10BrF2NO. The zero-order valence-electron chi connectivity index (χ0n) is 10.3. The maximum atomic E-state index is 13.6. The summed E-state index contributed by atoms with van der Waals surface area (Å²) in [5.41, 5.74) is 0.873. The van der Waals surface area contributed by atoms with E-state index in [0.29, 0.717) is 5.76 Å². The Hall–Kier alpha value is -1.88. The second-order valence-electron chi connectivity index (χ2n) is 4.35. The molecule has 3 aromatic rings. The van der Waals surface area contributed by atoms with Crippen molar-refractivity contribution < 1.29 is 13.2 Å². The van der Waals surface area contributed by atoms with Gasteiger partial charge in [-0.25, -0.2) is 8.78 Å². The summed E-state index contributed by atoms with van der Waals surface area (Å²) in [5, 5.41) is 3.81. The van der Waals surface area contributed by atoms with Crippen molar-refractivity contribution in [2.24, 2.45) is 0 Å². The third-order valence-electron chi connectivity index (χ3n) is 2.94. The summed E-state index contributed by atoms with van der Waals surface area (Å²) < 4.78 is 32.7. The lowest BCUT2D eigenvalue weighted by molar-refractivity contribution is 0.556. The van der Waals surface area contributed by atoms with Crippen molar-refractivity contribution in [2.45, 2.75) is 6.54 Å². The van der Waals surface area contributed by atoms with E-state index in [-0.39, 0.29) is 16.7 Å². The van der Waals surface area contributed by atoms with Gasteiger partial charge in [-0.3, -0.25) is 0 Å². The minimum Gasteiger partial charge on any atom is -0.459 e. The fourth-order valence-corrected chi connectivity index (χ4v) is 2.28. The van der Waals surface area contributed by atoms with E-state index >= 15 is 0 Å². The molecule has 0 aliphatic rings. The van der Waals surface area contributed by atoms with E-state index in [1.54, 1.807) is 0 Å². The summed E-state index contributed by atoms with van der Waals surface area (Å²) in [4.78, 5) is 0. The van der Waals surface area contributed by atoms with Crippen molar-refractivity contribution in [3.05, 3.63) is 64.3 Å². The van der Waals surface area contributed by atoms with Gasteiger partial charge in [0, 0.05) is 11.5 Å². The van der Waals surface area contributed by atoms with E-state index in [4.69, 9.17) is 4.42 Å². The number of fused-ring (bicyclic) bond motifs is 1. The summed E-state index contributed by atoms with van der Waals surface area (Å²) in [6.07, 6.45) is 0. The van der Waals surface area contributed by atoms with Gasteiger partial charge < -0.3 is 9.73 Å². The van der Waals surface area contributed by atoms with Gasteiger partial charge in [-0.2, -0.15) is 0 Å². The third-order valence-corrected chi connectivity index (χ3v) is 3.55. The van der Waals surface area contributed by atoms with E-state index in [2.05, 4.69) is 21.2 Å². The number of anilines is 1. The van der Waals surface area contributed by atoms with Crippen LogP contribution in [0, 0.1) is 11.6 Å². The summed E-state index contributed by atoms with van der Waals surface area (Å²) >= 11 is 2.94. The largest absolute Gasteiger partial charge is 0.459 e. The topological polar surface area (TPSA) is 25.2 Å². The first-order valence-electron chi connectivity index (χ1n) is 5.99. The smallest absolute Gasteiger partial charge is 0.147 e. The molecule has 0 atom stereocenters. The van der Waals surface area contributed by atoms with Gasteiger partial charge in [0.2, 0.25) is 0 Å². The van der Waals surface area contributed by atoms with E-state index in [9.17, 15) is 8.78 Å². The van der Waals surface area contributed by atoms with Gasteiger partial charge in [-0.15, -0.1) is 0 Å². The third kappa shape index (κ3) is 2.54. The molecule has 3 rings (SSSR count). The molecule has 20 heavy (non-hydrogen) atoms. The van der Waals surface area contributed by atoms with Crippen LogP contribution >= 0.6 is 15.9 Å². The van der Waals surface area contributed by atoms with E-state index in [1.165, 1.54) is 0 Å². The molecule has 102 valence electrons. The predicted molar refractivity (Wildman–Crippen MR) is 77.6 cm³/mol. The highest BCUT2D eigenvalue weighted by Gasteiger charge is 2.09. The van der Waals surface area contributed by atoms with Crippen molar-refractivity contribution in [3.63, 3.8) is 0 Å². The Morgan fingerprint density at radius 1 is 1.05 bits per heavy atom. The Balaban J connectivity index is 1.81. The second kappa shape index (κ2) is 5.25. The molecule has 1 heterocycles. The van der Waals surface area contributed by atoms with Gasteiger partial charge in [0.15, 0.2) is 0 Å². The van der Waals surface area contributed by atoms with Gasteiger partial charge in [0.05, 0.1) is 16.7 Å². The number of benzene rings is 2. The fraction of sp³-hybridized carbons (Fsp3) is 0.0667. The van der Waals surface area contributed by atoms with Crippen LogP contribution in [0.4, 0.5) is 14.5 Å². The monoisotopic (exact) mass is 337 g/mol. The van der Waals surface area contributed by atoms with E-state index in [1.807, 2.05) is 30.3 Å². The summed E-state index contributed by atoms with van der Waals surface area (Å²) in [5.74, 6) is -0.373. The normalized spacial score (nSPS) is 10.9. The van der Waals surface area contributed by atoms with Crippen molar-refractivity contribution in [1.29, 1.82) is 0 Å².